The Balaban J connectivity index is 2.12. The number of unbranched alkanes of at least 4 members (excludes halogenated alkanes) is 4. The van der Waals surface area contributed by atoms with Gasteiger partial charge >= 0.3 is 211 Å². The van der Waals surface area contributed by atoms with Crippen LogP contribution >= 0.6 is 0 Å². The first kappa shape index (κ1) is 28.4. The van der Waals surface area contributed by atoms with Crippen LogP contribution in [-0.4, -0.2) is 39.1 Å². The zero-order chi connectivity index (χ0) is 23.3. The number of Topliss-reactive ketones (excluding diaryl/α,β-unsaturated/α-hetero) is 1. The van der Waals surface area contributed by atoms with Gasteiger partial charge in [-0.05, 0) is 0 Å². The third-order valence-corrected chi connectivity index (χ3v) is 28.9. The molecule has 1 aromatic carbocycles. The van der Waals surface area contributed by atoms with Crippen molar-refractivity contribution in [2.45, 2.75) is 127 Å². The van der Waals surface area contributed by atoms with E-state index in [2.05, 4.69) is 58.0 Å². The van der Waals surface area contributed by atoms with Gasteiger partial charge in [0.25, 0.3) is 0 Å². The molecule has 1 aliphatic carbocycles. The fraction of sp³-hybridized carbons (Fsp3) is 0.759. The fourth-order valence-corrected chi connectivity index (χ4v) is 29.5. The van der Waals surface area contributed by atoms with Gasteiger partial charge in [0, 0.05) is 0 Å². The Morgan fingerprint density at radius 2 is 1.50 bits per heavy atom. The maximum absolute atomic E-state index is 13.5. The van der Waals surface area contributed by atoms with Gasteiger partial charge in [0.05, 0.1) is 0 Å². The van der Waals surface area contributed by atoms with Crippen LogP contribution in [0.2, 0.25) is 22.6 Å². The standard InChI is InChI=1S/C17H23OSe.3C4H9.Sn/c1-17(12-6-5-11-16(17)18)13-7-8-14-19-15-9-3-2-4-10-15;3*1-3-4-2;/h2-4,9-10,12H,5-8,11,13-14H2,1H3;3*1,3-4H2,2H3;/t17-;;;;/m1..../s1. The Bertz CT molecular complexity index is 624. The number of hydrogen-bond donors (Lipinski definition) is 0. The molecule has 3 heteroatoms. The van der Waals surface area contributed by atoms with Gasteiger partial charge in [-0.3, -0.25) is 0 Å². The summed E-state index contributed by atoms with van der Waals surface area (Å²) >= 11 is -1.84. The molecule has 0 unspecified atom stereocenters. The monoisotopic (exact) mass is 614 g/mol. The van der Waals surface area contributed by atoms with Crippen LogP contribution < -0.4 is 4.46 Å². The second kappa shape index (κ2) is 15.3. The van der Waals surface area contributed by atoms with Crippen molar-refractivity contribution in [3.05, 3.63) is 30.3 Å². The number of benzene rings is 1. The van der Waals surface area contributed by atoms with E-state index in [1.807, 2.05) is 0 Å². The van der Waals surface area contributed by atoms with Gasteiger partial charge in [-0.1, -0.05) is 0 Å². The van der Waals surface area contributed by atoms with E-state index in [0.717, 1.165) is 10.4 Å². The zero-order valence-electron chi connectivity index (χ0n) is 21.6. The van der Waals surface area contributed by atoms with Crippen LogP contribution in [0.5, 0.6) is 0 Å². The van der Waals surface area contributed by atoms with Crippen LogP contribution in [0.1, 0.15) is 105 Å². The van der Waals surface area contributed by atoms with Crippen molar-refractivity contribution in [2.75, 3.05) is 0 Å². The van der Waals surface area contributed by atoms with Crippen molar-refractivity contribution in [1.29, 1.82) is 0 Å². The summed E-state index contributed by atoms with van der Waals surface area (Å²) in [4.78, 5) is 13.5. The van der Waals surface area contributed by atoms with Crippen LogP contribution in [0.3, 0.4) is 0 Å². The molecule has 0 aliphatic heterocycles. The zero-order valence-corrected chi connectivity index (χ0v) is 26.2. The van der Waals surface area contributed by atoms with Crippen molar-refractivity contribution in [3.8, 4) is 0 Å². The Kier molecular flexibility index (Phi) is 13.6. The summed E-state index contributed by atoms with van der Waals surface area (Å²) in [5.74, 6) is 0.646. The average Bonchev–Trinajstić information content (AvgIpc) is 2.81. The summed E-state index contributed by atoms with van der Waals surface area (Å²) in [5.41, 5.74) is 0.00327. The Morgan fingerprint density at radius 1 is 0.906 bits per heavy atom. The van der Waals surface area contributed by atoms with Gasteiger partial charge in [-0.2, -0.15) is 0 Å². The van der Waals surface area contributed by atoms with E-state index in [9.17, 15) is 4.79 Å². The van der Waals surface area contributed by atoms with E-state index in [-0.39, 0.29) is 5.41 Å². The van der Waals surface area contributed by atoms with Crippen LogP contribution in [0.25, 0.3) is 0 Å². The van der Waals surface area contributed by atoms with Crippen LogP contribution in [0.15, 0.2) is 30.3 Å². The Hall–Kier alpha value is 0.208. The van der Waals surface area contributed by atoms with Crippen LogP contribution in [-0.2, 0) is 4.79 Å². The number of hydrogen-bond acceptors (Lipinski definition) is 1. The Morgan fingerprint density at radius 3 is 2.06 bits per heavy atom. The summed E-state index contributed by atoms with van der Waals surface area (Å²) in [7, 11) is 0. The first-order chi connectivity index (χ1) is 15.5. The third-order valence-electron chi connectivity index (χ3n) is 8.23. The van der Waals surface area contributed by atoms with Crippen molar-refractivity contribution in [1.82, 2.24) is 0 Å². The summed E-state index contributed by atoms with van der Waals surface area (Å²) in [6.07, 6.45) is 15.4. The normalized spacial score (nSPS) is 21.8. The van der Waals surface area contributed by atoms with Crippen molar-refractivity contribution in [2.24, 2.45) is 5.41 Å². The van der Waals surface area contributed by atoms with Crippen molar-refractivity contribution in [3.63, 3.8) is 0 Å². The number of ketones is 1. The molecule has 1 saturated carbocycles. The van der Waals surface area contributed by atoms with Crippen molar-refractivity contribution < 1.29 is 4.79 Å². The topological polar surface area (TPSA) is 17.1 Å². The van der Waals surface area contributed by atoms with Crippen LogP contribution in [0, 0.1) is 5.41 Å². The number of rotatable bonds is 16. The predicted octanol–water partition coefficient (Wildman–Crippen LogP) is 8.58. The van der Waals surface area contributed by atoms with Gasteiger partial charge in [0.2, 0.25) is 0 Å². The van der Waals surface area contributed by atoms with E-state index in [4.69, 9.17) is 0 Å². The molecule has 182 valence electrons. The van der Waals surface area contributed by atoms with E-state index in [1.165, 1.54) is 80.4 Å². The molecule has 0 bridgehead atoms. The fourth-order valence-electron chi connectivity index (χ4n) is 6.35. The molecule has 0 N–H and O–H groups in total. The third kappa shape index (κ3) is 8.16. The summed E-state index contributed by atoms with van der Waals surface area (Å²) in [6.45, 7) is 9.55. The van der Waals surface area contributed by atoms with Gasteiger partial charge in [-0.25, -0.2) is 0 Å². The summed E-state index contributed by atoms with van der Waals surface area (Å²) < 4.78 is 6.98. The molecule has 32 heavy (non-hydrogen) atoms. The van der Waals surface area contributed by atoms with Gasteiger partial charge in [-0.15, -0.1) is 0 Å². The molecule has 0 saturated heterocycles. The number of carbonyl (C=O) groups is 1. The first-order valence-corrected chi connectivity index (χ1v) is 23.5. The van der Waals surface area contributed by atoms with E-state index in [1.54, 1.807) is 13.3 Å². The Labute approximate surface area is 210 Å². The molecule has 1 aromatic rings. The maximum atomic E-state index is 13.5. The van der Waals surface area contributed by atoms with Crippen molar-refractivity contribution >= 4 is 43.6 Å². The molecule has 0 amide bonds. The second-order valence-electron chi connectivity index (χ2n) is 10.6. The summed E-state index contributed by atoms with van der Waals surface area (Å²) in [6, 6.07) is 11.0. The molecule has 1 fully saturated rings. The summed E-state index contributed by atoms with van der Waals surface area (Å²) in [5, 5.41) is 1.32. The molecule has 0 spiro atoms. The van der Waals surface area contributed by atoms with Gasteiger partial charge < -0.3 is 0 Å². The van der Waals surface area contributed by atoms with Gasteiger partial charge in [0.1, 0.15) is 0 Å². The van der Waals surface area contributed by atoms with Crippen LogP contribution in [0.4, 0.5) is 0 Å². The second-order valence-corrected chi connectivity index (χ2v) is 27.1. The van der Waals surface area contributed by atoms with E-state index < -0.39 is 18.4 Å². The SMILES string of the molecule is CCC[CH2][Sn]([CH2]CCC)([CH2]CCC)[C@H]1CCCC(=O)[C@@]1(C)CCCC[Se]c1ccccc1. The molecular formula is C29H50OSeSn. The molecule has 0 aromatic heterocycles. The quantitative estimate of drug-likeness (QED) is 0.135. The first-order valence-electron chi connectivity index (χ1n) is 13.7. The molecular weight excluding hydrogens is 562 g/mol. The average molecular weight is 612 g/mol. The van der Waals surface area contributed by atoms with Gasteiger partial charge in [0.15, 0.2) is 0 Å². The minimum absolute atomic E-state index is 0.00327. The minimum atomic E-state index is -2.43. The predicted molar refractivity (Wildman–Crippen MR) is 146 cm³/mol. The molecule has 1 nitrogen and oxygen atoms in total. The molecule has 0 radical (unpaired) electrons. The van der Waals surface area contributed by atoms with E-state index >= 15 is 0 Å². The molecule has 0 heterocycles. The number of carbonyl (C=O) groups excluding carboxylic acids is 1. The molecule has 1 aliphatic rings. The van der Waals surface area contributed by atoms with E-state index in [0.29, 0.717) is 20.7 Å². The molecule has 2 rings (SSSR count). The molecule has 2 atom stereocenters.